The highest BCUT2D eigenvalue weighted by molar-refractivity contribution is 9.10. The molecule has 0 unspecified atom stereocenters. The zero-order valence-corrected chi connectivity index (χ0v) is 12.4. The topological polar surface area (TPSA) is 39.2 Å². The van der Waals surface area contributed by atoms with Crippen LogP contribution >= 0.6 is 27.3 Å². The first-order valence-electron chi connectivity index (χ1n) is 5.15. The molecule has 0 fully saturated rings. The van der Waals surface area contributed by atoms with Crippen LogP contribution in [0, 0.1) is 18.6 Å². The van der Waals surface area contributed by atoms with Crippen molar-refractivity contribution in [2.75, 3.05) is 7.11 Å². The van der Waals surface area contributed by atoms with Gasteiger partial charge in [-0.1, -0.05) is 0 Å². The zero-order valence-electron chi connectivity index (χ0n) is 9.96. The molecule has 2 aromatic rings. The van der Waals surface area contributed by atoms with E-state index in [1.54, 1.807) is 6.92 Å². The lowest BCUT2D eigenvalue weighted by atomic mass is 10.2. The molecule has 0 saturated heterocycles. The first kappa shape index (κ1) is 14.1. The molecule has 1 heterocycles. The molecule has 0 radical (unpaired) electrons. The molecular weight excluding hydrogens is 340 g/mol. The van der Waals surface area contributed by atoms with E-state index in [4.69, 9.17) is 0 Å². The van der Waals surface area contributed by atoms with E-state index in [9.17, 15) is 13.6 Å². The Morgan fingerprint density at radius 3 is 2.74 bits per heavy atom. The summed E-state index contributed by atoms with van der Waals surface area (Å²) in [5.41, 5.74) is 0.880. The monoisotopic (exact) mass is 347 g/mol. The molecule has 0 aliphatic heterocycles. The molecule has 0 aliphatic rings. The third kappa shape index (κ3) is 2.52. The van der Waals surface area contributed by atoms with E-state index in [2.05, 4.69) is 25.7 Å². The van der Waals surface area contributed by atoms with Gasteiger partial charge in [-0.2, -0.15) is 0 Å². The Labute approximate surface area is 120 Å². The van der Waals surface area contributed by atoms with Crippen molar-refractivity contribution in [1.29, 1.82) is 0 Å². The molecule has 0 saturated carbocycles. The van der Waals surface area contributed by atoms with Gasteiger partial charge in [-0.05, 0) is 35.0 Å². The second-order valence-electron chi connectivity index (χ2n) is 3.65. The van der Waals surface area contributed by atoms with Gasteiger partial charge in [-0.3, -0.25) is 0 Å². The molecule has 7 heteroatoms. The Balaban J connectivity index is 2.55. The van der Waals surface area contributed by atoms with Gasteiger partial charge in [0.25, 0.3) is 0 Å². The fourth-order valence-corrected chi connectivity index (χ4v) is 3.14. The summed E-state index contributed by atoms with van der Waals surface area (Å²) in [4.78, 5) is 16.0. The number of nitrogens with zero attached hydrogens (tertiary/aromatic N) is 1. The molecule has 0 spiro atoms. The smallest absolute Gasteiger partial charge is 0.349 e. The van der Waals surface area contributed by atoms with E-state index >= 15 is 0 Å². The average Bonchev–Trinajstić information content (AvgIpc) is 2.77. The second-order valence-corrected chi connectivity index (χ2v) is 5.44. The third-order valence-electron chi connectivity index (χ3n) is 2.43. The van der Waals surface area contributed by atoms with Crippen LogP contribution in [0.3, 0.4) is 0 Å². The number of rotatable bonds is 2. The van der Waals surface area contributed by atoms with Crippen LogP contribution in [0.4, 0.5) is 8.78 Å². The Morgan fingerprint density at radius 1 is 1.42 bits per heavy atom. The highest BCUT2D eigenvalue weighted by Gasteiger charge is 2.20. The molecule has 0 N–H and O–H groups in total. The van der Waals surface area contributed by atoms with E-state index in [0.717, 1.165) is 17.4 Å². The van der Waals surface area contributed by atoms with Crippen molar-refractivity contribution in [2.45, 2.75) is 6.92 Å². The maximum atomic E-state index is 13.5. The largest absolute Gasteiger partial charge is 0.465 e. The van der Waals surface area contributed by atoms with E-state index in [0.29, 0.717) is 21.1 Å². The summed E-state index contributed by atoms with van der Waals surface area (Å²) < 4.78 is 31.1. The Bertz CT molecular complexity index is 657. The van der Waals surface area contributed by atoms with Crippen LogP contribution in [0.5, 0.6) is 0 Å². The molecule has 3 nitrogen and oxygen atoms in total. The van der Waals surface area contributed by atoms with Gasteiger partial charge in [-0.25, -0.2) is 18.6 Å². The predicted octanol–water partition coefficient (Wildman–Crippen LogP) is 3.95. The molecule has 0 bridgehead atoms. The van der Waals surface area contributed by atoms with Crippen molar-refractivity contribution < 1.29 is 18.3 Å². The lowest BCUT2D eigenvalue weighted by molar-refractivity contribution is 0.0605. The van der Waals surface area contributed by atoms with Gasteiger partial charge in [0, 0.05) is 5.56 Å². The number of ether oxygens (including phenoxy) is 1. The fourth-order valence-electron chi connectivity index (χ4n) is 1.48. The first-order valence-corrected chi connectivity index (χ1v) is 6.76. The van der Waals surface area contributed by atoms with Gasteiger partial charge >= 0.3 is 5.97 Å². The number of halogens is 3. The molecular formula is C12H8BrF2NO2S. The first-order chi connectivity index (χ1) is 8.95. The maximum Gasteiger partial charge on any atom is 0.349 e. The van der Waals surface area contributed by atoms with Crippen LogP contribution < -0.4 is 0 Å². The van der Waals surface area contributed by atoms with Crippen molar-refractivity contribution in [3.8, 4) is 10.6 Å². The number of methoxy groups -OCH3 is 1. The Morgan fingerprint density at radius 2 is 2.11 bits per heavy atom. The summed E-state index contributed by atoms with van der Waals surface area (Å²) >= 11 is 4.06. The van der Waals surface area contributed by atoms with Crippen molar-refractivity contribution in [1.82, 2.24) is 4.98 Å². The van der Waals surface area contributed by atoms with Gasteiger partial charge in [0.2, 0.25) is 0 Å². The Hall–Kier alpha value is -1.34. The lowest BCUT2D eigenvalue weighted by Crippen LogP contribution is -1.99. The average molecular weight is 348 g/mol. The summed E-state index contributed by atoms with van der Waals surface area (Å²) in [5.74, 6) is -2.43. The normalized spacial score (nSPS) is 10.6. The molecule has 1 aromatic carbocycles. The van der Waals surface area contributed by atoms with Crippen LogP contribution in [-0.2, 0) is 4.74 Å². The number of carbonyl (C=O) groups is 1. The minimum absolute atomic E-state index is 0.0161. The van der Waals surface area contributed by atoms with Crippen molar-refractivity contribution in [3.05, 3.63) is 38.8 Å². The fraction of sp³-hybridized carbons (Fsp3) is 0.167. The molecule has 0 atom stereocenters. The van der Waals surface area contributed by atoms with Crippen LogP contribution in [0.2, 0.25) is 0 Å². The molecule has 19 heavy (non-hydrogen) atoms. The minimum Gasteiger partial charge on any atom is -0.465 e. The van der Waals surface area contributed by atoms with Crippen LogP contribution in [0.1, 0.15) is 15.4 Å². The van der Waals surface area contributed by atoms with Crippen molar-refractivity contribution >= 4 is 33.2 Å². The van der Waals surface area contributed by atoms with Crippen molar-refractivity contribution in [2.24, 2.45) is 0 Å². The summed E-state index contributed by atoms with van der Waals surface area (Å²) in [6.07, 6.45) is 0. The molecule has 1 aromatic heterocycles. The number of carbonyl (C=O) groups excluding carboxylic acids is 1. The predicted molar refractivity (Wildman–Crippen MR) is 71.2 cm³/mol. The van der Waals surface area contributed by atoms with E-state index in [1.807, 2.05) is 0 Å². The number of esters is 1. The zero-order chi connectivity index (χ0) is 14.2. The van der Waals surface area contributed by atoms with Gasteiger partial charge in [0.15, 0.2) is 11.6 Å². The number of benzene rings is 1. The van der Waals surface area contributed by atoms with Gasteiger partial charge < -0.3 is 4.74 Å². The molecule has 100 valence electrons. The summed E-state index contributed by atoms with van der Waals surface area (Å²) in [7, 11) is 1.27. The minimum atomic E-state index is -0.982. The van der Waals surface area contributed by atoms with Gasteiger partial charge in [0.05, 0.1) is 17.3 Å². The van der Waals surface area contributed by atoms with E-state index in [-0.39, 0.29) is 4.47 Å². The highest BCUT2D eigenvalue weighted by atomic mass is 79.9. The Kier molecular flexibility index (Phi) is 3.96. The van der Waals surface area contributed by atoms with Crippen molar-refractivity contribution in [3.63, 3.8) is 0 Å². The molecule has 0 aliphatic carbocycles. The highest BCUT2D eigenvalue weighted by Crippen LogP contribution is 2.35. The number of hydrogen-bond acceptors (Lipinski definition) is 4. The summed E-state index contributed by atoms with van der Waals surface area (Å²) in [5, 5.41) is 0.420. The van der Waals surface area contributed by atoms with Crippen LogP contribution in [-0.4, -0.2) is 18.1 Å². The van der Waals surface area contributed by atoms with E-state index < -0.39 is 17.6 Å². The molecule has 2 rings (SSSR count). The van der Waals surface area contributed by atoms with E-state index in [1.165, 1.54) is 13.2 Å². The number of aromatic nitrogens is 1. The summed E-state index contributed by atoms with van der Waals surface area (Å²) in [6.45, 7) is 1.65. The van der Waals surface area contributed by atoms with Crippen LogP contribution in [0.25, 0.3) is 10.6 Å². The van der Waals surface area contributed by atoms with Crippen LogP contribution in [0.15, 0.2) is 16.6 Å². The van der Waals surface area contributed by atoms with Gasteiger partial charge in [-0.15, -0.1) is 11.3 Å². The number of hydrogen-bond donors (Lipinski definition) is 0. The lowest BCUT2D eigenvalue weighted by Gasteiger charge is -2.02. The second kappa shape index (κ2) is 5.34. The molecule has 0 amide bonds. The van der Waals surface area contributed by atoms with Gasteiger partial charge in [0.1, 0.15) is 9.88 Å². The SMILES string of the molecule is COC(=O)c1sc(-c2ccc(F)c(F)c2Br)nc1C. The quantitative estimate of drug-likeness (QED) is 0.610. The summed E-state index contributed by atoms with van der Waals surface area (Å²) in [6, 6.07) is 2.42. The third-order valence-corrected chi connectivity index (χ3v) is 4.38. The number of aryl methyl sites for hydroxylation is 1. The maximum absolute atomic E-state index is 13.5. The number of thiazole rings is 1. The standard InChI is InChI=1S/C12H8BrF2NO2S/c1-5-10(12(17)18-2)19-11(16-5)6-3-4-7(14)9(15)8(6)13/h3-4H,1-2H3.